The highest BCUT2D eigenvalue weighted by atomic mass is 127. The lowest BCUT2D eigenvalue weighted by Crippen LogP contribution is -2.19. The van der Waals surface area contributed by atoms with Crippen LogP contribution < -0.4 is 10.9 Å². The molecule has 0 spiro atoms. The highest BCUT2D eigenvalue weighted by Crippen LogP contribution is 2.04. The van der Waals surface area contributed by atoms with Gasteiger partial charge in [0.1, 0.15) is 0 Å². The topological polar surface area (TPSA) is 74.8 Å². The van der Waals surface area contributed by atoms with Crippen molar-refractivity contribution in [2.45, 2.75) is 13.8 Å². The van der Waals surface area contributed by atoms with Crippen molar-refractivity contribution in [2.24, 2.45) is 0 Å². The number of halogens is 1. The molecule has 0 bridgehead atoms. The summed E-state index contributed by atoms with van der Waals surface area (Å²) in [6, 6.07) is 0. The van der Waals surface area contributed by atoms with Gasteiger partial charge >= 0.3 is 0 Å². The summed E-state index contributed by atoms with van der Waals surface area (Å²) in [4.78, 5) is 28.3. The summed E-state index contributed by atoms with van der Waals surface area (Å²) in [5, 5.41) is 2.40. The number of anilines is 1. The van der Waals surface area contributed by atoms with Crippen molar-refractivity contribution >= 4 is 34.4 Å². The molecule has 0 aliphatic carbocycles. The van der Waals surface area contributed by atoms with Gasteiger partial charge in [0.25, 0.3) is 5.56 Å². The zero-order chi connectivity index (χ0) is 10.0. The number of aromatic amines is 1. The minimum atomic E-state index is -0.260. The fraction of sp³-hybridized carbons (Fsp3) is 0.286. The van der Waals surface area contributed by atoms with Crippen LogP contribution in [0.15, 0.2) is 4.79 Å². The molecule has 13 heavy (non-hydrogen) atoms. The predicted molar refractivity (Wildman–Crippen MR) is 56.6 cm³/mol. The molecule has 1 amide bonds. The molecule has 0 atom stereocenters. The van der Waals surface area contributed by atoms with Crippen molar-refractivity contribution in [3.8, 4) is 0 Å². The molecule has 0 aliphatic heterocycles. The van der Waals surface area contributed by atoms with Crippen LogP contribution in [0.4, 0.5) is 5.95 Å². The van der Waals surface area contributed by atoms with Crippen LogP contribution in [0, 0.1) is 10.5 Å². The molecule has 1 rings (SSSR count). The van der Waals surface area contributed by atoms with E-state index < -0.39 is 0 Å². The lowest BCUT2D eigenvalue weighted by Gasteiger charge is -2.02. The van der Waals surface area contributed by atoms with Crippen LogP contribution >= 0.6 is 22.6 Å². The Hall–Kier alpha value is -0.920. The van der Waals surface area contributed by atoms with Gasteiger partial charge in [0.05, 0.1) is 9.26 Å². The number of nitrogens with one attached hydrogen (secondary N) is 2. The van der Waals surface area contributed by atoms with Crippen molar-refractivity contribution in [2.75, 3.05) is 5.32 Å². The first-order valence-corrected chi connectivity index (χ1v) is 4.62. The molecule has 0 aliphatic rings. The molecular weight excluding hydrogens is 285 g/mol. The van der Waals surface area contributed by atoms with Crippen molar-refractivity contribution in [3.63, 3.8) is 0 Å². The van der Waals surface area contributed by atoms with Gasteiger partial charge in [0.2, 0.25) is 11.9 Å². The molecule has 0 aromatic carbocycles. The van der Waals surface area contributed by atoms with Gasteiger partial charge in [0.15, 0.2) is 0 Å². The zero-order valence-corrected chi connectivity index (χ0v) is 9.30. The largest absolute Gasteiger partial charge is 0.296 e. The highest BCUT2D eigenvalue weighted by molar-refractivity contribution is 14.1. The maximum atomic E-state index is 11.2. The molecule has 0 saturated carbocycles. The summed E-state index contributed by atoms with van der Waals surface area (Å²) in [5.41, 5.74) is 0.366. The summed E-state index contributed by atoms with van der Waals surface area (Å²) in [5.74, 6) is -0.0702. The van der Waals surface area contributed by atoms with Gasteiger partial charge in [-0.1, -0.05) is 0 Å². The van der Waals surface area contributed by atoms with E-state index in [0.29, 0.717) is 9.26 Å². The van der Waals surface area contributed by atoms with E-state index in [0.717, 1.165) is 0 Å². The molecule has 2 N–H and O–H groups in total. The molecule has 70 valence electrons. The number of aromatic nitrogens is 2. The van der Waals surface area contributed by atoms with E-state index in [9.17, 15) is 9.59 Å². The minimum absolute atomic E-state index is 0.190. The number of carbonyl (C=O) groups excluding carboxylic acids is 1. The van der Waals surface area contributed by atoms with Gasteiger partial charge in [-0.05, 0) is 29.5 Å². The van der Waals surface area contributed by atoms with Gasteiger partial charge in [-0.3, -0.25) is 19.9 Å². The van der Waals surface area contributed by atoms with Gasteiger partial charge in [-0.2, -0.15) is 0 Å². The smallest absolute Gasteiger partial charge is 0.265 e. The fourth-order valence-electron chi connectivity index (χ4n) is 0.797. The third-order valence-electron chi connectivity index (χ3n) is 1.32. The van der Waals surface area contributed by atoms with E-state index in [1.54, 1.807) is 6.92 Å². The molecule has 1 aromatic heterocycles. The lowest BCUT2D eigenvalue weighted by atomic mass is 10.4. The normalized spacial score (nSPS) is 9.77. The highest BCUT2D eigenvalue weighted by Gasteiger charge is 2.04. The van der Waals surface area contributed by atoms with Crippen molar-refractivity contribution in [3.05, 3.63) is 19.6 Å². The average Bonchev–Trinajstić information content (AvgIpc) is 1.98. The molecule has 6 heteroatoms. The van der Waals surface area contributed by atoms with Crippen molar-refractivity contribution in [1.82, 2.24) is 9.97 Å². The summed E-state index contributed by atoms with van der Waals surface area (Å²) >= 11 is 1.90. The number of hydrogen-bond acceptors (Lipinski definition) is 3. The van der Waals surface area contributed by atoms with Crippen LogP contribution in [0.1, 0.15) is 12.6 Å². The predicted octanol–water partition coefficient (Wildman–Crippen LogP) is 0.641. The first-order valence-electron chi connectivity index (χ1n) is 3.54. The molecule has 0 unspecified atom stereocenters. The first-order chi connectivity index (χ1) is 6.00. The number of nitrogens with zero attached hydrogens (tertiary/aromatic N) is 1. The third-order valence-corrected chi connectivity index (χ3v) is 2.59. The summed E-state index contributed by atoms with van der Waals surface area (Å²) in [7, 11) is 0. The number of rotatable bonds is 1. The Morgan fingerprint density at radius 1 is 1.62 bits per heavy atom. The van der Waals surface area contributed by atoms with Crippen LogP contribution in [0.5, 0.6) is 0 Å². The Kier molecular flexibility index (Phi) is 3.02. The van der Waals surface area contributed by atoms with Crippen LogP contribution in [0.25, 0.3) is 0 Å². The zero-order valence-electron chi connectivity index (χ0n) is 7.14. The second kappa shape index (κ2) is 3.86. The quantitative estimate of drug-likeness (QED) is 0.746. The second-order valence-electron chi connectivity index (χ2n) is 2.50. The second-order valence-corrected chi connectivity index (χ2v) is 3.57. The lowest BCUT2D eigenvalue weighted by molar-refractivity contribution is -0.114. The molecule has 1 aromatic rings. The maximum absolute atomic E-state index is 11.2. The van der Waals surface area contributed by atoms with Crippen molar-refractivity contribution in [1.29, 1.82) is 0 Å². The van der Waals surface area contributed by atoms with E-state index in [-0.39, 0.29) is 17.4 Å². The molecular formula is C7H8IN3O2. The molecule has 0 saturated heterocycles. The molecule has 5 nitrogen and oxygen atoms in total. The van der Waals surface area contributed by atoms with Crippen molar-refractivity contribution < 1.29 is 4.79 Å². The number of amides is 1. The maximum Gasteiger partial charge on any atom is 0.265 e. The summed E-state index contributed by atoms with van der Waals surface area (Å²) < 4.78 is 0.534. The van der Waals surface area contributed by atoms with Gasteiger partial charge in [0, 0.05) is 6.92 Å². The minimum Gasteiger partial charge on any atom is -0.296 e. The van der Waals surface area contributed by atoms with Crippen LogP contribution in [0.3, 0.4) is 0 Å². The number of carbonyl (C=O) groups is 1. The van der Waals surface area contributed by atoms with E-state index in [1.165, 1.54) is 6.92 Å². The van der Waals surface area contributed by atoms with Crippen LogP contribution in [-0.4, -0.2) is 15.9 Å². The molecule has 0 radical (unpaired) electrons. The van der Waals surface area contributed by atoms with E-state index in [2.05, 4.69) is 15.3 Å². The Balaban J connectivity index is 3.13. The fourth-order valence-corrected chi connectivity index (χ4v) is 1.05. The van der Waals surface area contributed by atoms with Gasteiger partial charge in [-0.15, -0.1) is 0 Å². The number of H-pyrrole nitrogens is 1. The standard InChI is InChI=1S/C7H8IN3O2/c1-3-5(8)6(13)11-7(9-3)10-4(2)12/h1-2H3,(H2,9,10,11,12,13). The summed E-state index contributed by atoms with van der Waals surface area (Å²) in [6.07, 6.45) is 0. The van der Waals surface area contributed by atoms with Crippen LogP contribution in [-0.2, 0) is 4.79 Å². The van der Waals surface area contributed by atoms with Gasteiger partial charge < -0.3 is 0 Å². The Bertz CT molecular complexity index is 399. The van der Waals surface area contributed by atoms with E-state index in [1.807, 2.05) is 22.6 Å². The first kappa shape index (κ1) is 10.2. The molecule has 0 fully saturated rings. The number of aryl methyl sites for hydroxylation is 1. The monoisotopic (exact) mass is 293 g/mol. The van der Waals surface area contributed by atoms with E-state index >= 15 is 0 Å². The van der Waals surface area contributed by atoms with Crippen LogP contribution in [0.2, 0.25) is 0 Å². The van der Waals surface area contributed by atoms with Gasteiger partial charge in [-0.25, -0.2) is 4.98 Å². The Labute approximate surface area is 88.1 Å². The number of hydrogen-bond donors (Lipinski definition) is 2. The Morgan fingerprint density at radius 2 is 2.23 bits per heavy atom. The third kappa shape index (κ3) is 2.51. The van der Waals surface area contributed by atoms with E-state index in [4.69, 9.17) is 0 Å². The average molecular weight is 293 g/mol. The molecule has 1 heterocycles. The Morgan fingerprint density at radius 3 is 2.69 bits per heavy atom. The summed E-state index contributed by atoms with van der Waals surface area (Å²) in [6.45, 7) is 3.07. The SMILES string of the molecule is CC(=O)Nc1nc(C)c(I)c(=O)[nH]1.